The maximum absolute atomic E-state index is 15.7. The molecule has 3 N–H and O–H groups in total. The number of hydrogen-bond donors (Lipinski definition) is 2. The lowest BCUT2D eigenvalue weighted by Gasteiger charge is -2.16. The predicted molar refractivity (Wildman–Crippen MR) is 139 cm³/mol. The standard InChI is InChI=1S/C24H19Cl2FN4O5S/c1-12(32)36-11-14-6-15(25)8-21(22(14)26)37(33,34)31-18-5-3-4-16(23(18)27)17-7-13-10-29-24(28)30-19(13)9-20(17)35-2/h3-10,31H,11H2,1-2H3,(H2,28,29,30). The molecule has 0 aliphatic rings. The fourth-order valence-corrected chi connectivity index (χ4v) is 5.55. The van der Waals surface area contributed by atoms with E-state index in [-0.39, 0.29) is 45.2 Å². The zero-order chi connectivity index (χ0) is 26.9. The van der Waals surface area contributed by atoms with Crippen LogP contribution in [0.3, 0.4) is 0 Å². The van der Waals surface area contributed by atoms with E-state index in [2.05, 4.69) is 14.7 Å². The van der Waals surface area contributed by atoms with Crippen LogP contribution in [0.5, 0.6) is 5.75 Å². The molecule has 9 nitrogen and oxygen atoms in total. The van der Waals surface area contributed by atoms with Gasteiger partial charge in [-0.05, 0) is 24.3 Å². The second-order valence-electron chi connectivity index (χ2n) is 7.77. The average molecular weight is 565 g/mol. The summed E-state index contributed by atoms with van der Waals surface area (Å²) < 4.78 is 54.7. The molecule has 192 valence electrons. The number of fused-ring (bicyclic) bond motifs is 1. The number of carbonyl (C=O) groups is 1. The number of ether oxygens (including phenoxy) is 2. The molecule has 1 aromatic heterocycles. The molecule has 0 aliphatic heterocycles. The number of nitrogens with zero attached hydrogens (tertiary/aromatic N) is 2. The van der Waals surface area contributed by atoms with Gasteiger partial charge >= 0.3 is 5.97 Å². The summed E-state index contributed by atoms with van der Waals surface area (Å²) in [6.07, 6.45) is 1.49. The van der Waals surface area contributed by atoms with Crippen LogP contribution >= 0.6 is 23.2 Å². The maximum atomic E-state index is 15.7. The summed E-state index contributed by atoms with van der Waals surface area (Å²) in [6, 6.07) is 9.88. The molecular weight excluding hydrogens is 546 g/mol. The van der Waals surface area contributed by atoms with Crippen molar-refractivity contribution in [2.24, 2.45) is 0 Å². The number of nitrogen functional groups attached to an aromatic ring is 1. The van der Waals surface area contributed by atoms with Gasteiger partial charge in [-0.2, -0.15) is 0 Å². The van der Waals surface area contributed by atoms with Crippen molar-refractivity contribution in [3.63, 3.8) is 0 Å². The molecule has 4 aromatic rings. The topological polar surface area (TPSA) is 134 Å². The van der Waals surface area contributed by atoms with Crippen LogP contribution in [-0.2, 0) is 26.2 Å². The summed E-state index contributed by atoms with van der Waals surface area (Å²) in [5, 5.41) is 0.386. The van der Waals surface area contributed by atoms with Crippen LogP contribution < -0.4 is 15.2 Å². The van der Waals surface area contributed by atoms with E-state index in [1.165, 1.54) is 44.5 Å². The molecule has 0 amide bonds. The Morgan fingerprint density at radius 1 is 1.16 bits per heavy atom. The number of sulfonamides is 1. The van der Waals surface area contributed by atoms with Crippen molar-refractivity contribution < 1.29 is 27.1 Å². The number of nitrogens with two attached hydrogens (primary N) is 1. The summed E-state index contributed by atoms with van der Waals surface area (Å²) in [7, 11) is -3.01. The lowest BCUT2D eigenvalue weighted by molar-refractivity contribution is -0.142. The Balaban J connectivity index is 1.76. The van der Waals surface area contributed by atoms with E-state index in [9.17, 15) is 13.2 Å². The number of esters is 1. The van der Waals surface area contributed by atoms with Crippen molar-refractivity contribution in [1.82, 2.24) is 9.97 Å². The van der Waals surface area contributed by atoms with Gasteiger partial charge in [0.25, 0.3) is 10.0 Å². The van der Waals surface area contributed by atoms with Crippen LogP contribution in [0.2, 0.25) is 10.0 Å². The SMILES string of the molecule is COc1cc2nc(N)ncc2cc1-c1cccc(NS(=O)(=O)c2cc(Cl)cc(COC(C)=O)c2Cl)c1F. The molecule has 0 radical (unpaired) electrons. The summed E-state index contributed by atoms with van der Waals surface area (Å²) >= 11 is 12.4. The molecular formula is C24H19Cl2FN4O5S. The highest BCUT2D eigenvalue weighted by Crippen LogP contribution is 2.38. The summed E-state index contributed by atoms with van der Waals surface area (Å²) in [4.78, 5) is 18.8. The monoisotopic (exact) mass is 564 g/mol. The third-order valence-corrected chi connectivity index (χ3v) is 7.42. The second-order valence-corrected chi connectivity index (χ2v) is 10.2. The first-order valence-corrected chi connectivity index (χ1v) is 12.8. The van der Waals surface area contributed by atoms with Crippen LogP contribution in [0.4, 0.5) is 16.0 Å². The molecule has 4 rings (SSSR count). The average Bonchev–Trinajstić information content (AvgIpc) is 2.84. The number of hydrogen-bond acceptors (Lipinski definition) is 8. The first-order valence-electron chi connectivity index (χ1n) is 10.5. The van der Waals surface area contributed by atoms with Gasteiger partial charge in [0.15, 0.2) is 5.82 Å². The Kier molecular flexibility index (Phi) is 7.39. The second kappa shape index (κ2) is 10.4. The van der Waals surface area contributed by atoms with Gasteiger partial charge in [-0.1, -0.05) is 35.3 Å². The number of anilines is 2. The largest absolute Gasteiger partial charge is 0.496 e. The normalized spacial score (nSPS) is 11.4. The van der Waals surface area contributed by atoms with Crippen molar-refractivity contribution in [2.75, 3.05) is 17.6 Å². The van der Waals surface area contributed by atoms with E-state index in [1.807, 2.05) is 0 Å². The highest BCUT2D eigenvalue weighted by molar-refractivity contribution is 7.92. The Labute approximate surface area is 221 Å². The smallest absolute Gasteiger partial charge is 0.302 e. The summed E-state index contributed by atoms with van der Waals surface area (Å²) in [5.41, 5.74) is 6.36. The van der Waals surface area contributed by atoms with Gasteiger partial charge in [0.2, 0.25) is 5.95 Å². The van der Waals surface area contributed by atoms with E-state index in [4.69, 9.17) is 38.4 Å². The summed E-state index contributed by atoms with van der Waals surface area (Å²) in [5.74, 6) is -1.09. The van der Waals surface area contributed by atoms with Crippen LogP contribution in [0.25, 0.3) is 22.0 Å². The van der Waals surface area contributed by atoms with Gasteiger partial charge in [-0.15, -0.1) is 0 Å². The van der Waals surface area contributed by atoms with Crippen LogP contribution in [0.1, 0.15) is 12.5 Å². The van der Waals surface area contributed by atoms with Gasteiger partial charge in [0.05, 0.1) is 23.3 Å². The number of aromatic nitrogens is 2. The lowest BCUT2D eigenvalue weighted by Crippen LogP contribution is -2.15. The van der Waals surface area contributed by atoms with Gasteiger partial charge in [-0.3, -0.25) is 9.52 Å². The number of benzene rings is 3. The number of carbonyl (C=O) groups excluding carboxylic acids is 1. The van der Waals surface area contributed by atoms with Crippen LogP contribution in [0.15, 0.2) is 53.6 Å². The number of methoxy groups -OCH3 is 1. The zero-order valence-corrected chi connectivity index (χ0v) is 21.7. The quantitative estimate of drug-likeness (QED) is 0.292. The van der Waals surface area contributed by atoms with E-state index in [0.717, 1.165) is 6.07 Å². The molecule has 0 atom stereocenters. The lowest BCUT2D eigenvalue weighted by atomic mass is 10.0. The molecule has 3 aromatic carbocycles. The molecule has 1 heterocycles. The first kappa shape index (κ1) is 26.4. The molecule has 0 fully saturated rings. The minimum absolute atomic E-state index is 0.0323. The molecule has 0 saturated carbocycles. The van der Waals surface area contributed by atoms with Gasteiger partial charge < -0.3 is 15.2 Å². The third-order valence-electron chi connectivity index (χ3n) is 5.25. The predicted octanol–water partition coefficient (Wildman–Crippen LogP) is 5.20. The Morgan fingerprint density at radius 2 is 1.92 bits per heavy atom. The van der Waals surface area contributed by atoms with Crippen molar-refractivity contribution in [1.29, 1.82) is 0 Å². The number of rotatable bonds is 7. The van der Waals surface area contributed by atoms with Crippen molar-refractivity contribution in [3.8, 4) is 16.9 Å². The Morgan fingerprint density at radius 3 is 2.62 bits per heavy atom. The van der Waals surface area contributed by atoms with E-state index < -0.39 is 26.7 Å². The molecule has 0 bridgehead atoms. The van der Waals surface area contributed by atoms with E-state index in [1.54, 1.807) is 12.1 Å². The maximum Gasteiger partial charge on any atom is 0.302 e. The van der Waals surface area contributed by atoms with Crippen LogP contribution in [0, 0.1) is 5.82 Å². The van der Waals surface area contributed by atoms with Crippen molar-refractivity contribution >= 4 is 61.7 Å². The minimum Gasteiger partial charge on any atom is -0.496 e. The molecule has 0 saturated heterocycles. The first-order chi connectivity index (χ1) is 17.5. The Hall–Kier alpha value is -3.67. The molecule has 0 aliphatic carbocycles. The fourth-order valence-electron chi connectivity index (χ4n) is 3.57. The highest BCUT2D eigenvalue weighted by Gasteiger charge is 2.24. The zero-order valence-electron chi connectivity index (χ0n) is 19.4. The Bertz CT molecular complexity index is 1650. The molecule has 0 spiro atoms. The number of nitrogens with one attached hydrogen (secondary N) is 1. The summed E-state index contributed by atoms with van der Waals surface area (Å²) in [6.45, 7) is 0.901. The van der Waals surface area contributed by atoms with Gasteiger partial charge in [-0.25, -0.2) is 22.8 Å². The van der Waals surface area contributed by atoms with E-state index >= 15 is 4.39 Å². The van der Waals surface area contributed by atoms with Crippen LogP contribution in [-0.4, -0.2) is 31.5 Å². The third kappa shape index (κ3) is 5.53. The van der Waals surface area contributed by atoms with E-state index in [0.29, 0.717) is 16.5 Å². The van der Waals surface area contributed by atoms with Gasteiger partial charge in [0.1, 0.15) is 17.3 Å². The minimum atomic E-state index is -4.42. The van der Waals surface area contributed by atoms with Gasteiger partial charge in [0, 0.05) is 46.3 Å². The van der Waals surface area contributed by atoms with Crippen molar-refractivity contribution in [2.45, 2.75) is 18.4 Å². The molecule has 37 heavy (non-hydrogen) atoms. The van der Waals surface area contributed by atoms with Crippen molar-refractivity contribution in [3.05, 3.63) is 70.1 Å². The highest BCUT2D eigenvalue weighted by atomic mass is 35.5. The molecule has 0 unspecified atom stereocenters. The molecule has 13 heteroatoms. The number of halogens is 3. The fraction of sp³-hybridized carbons (Fsp3) is 0.125.